The zero-order valence-corrected chi connectivity index (χ0v) is 36.6. The molecule has 0 saturated carbocycles. The standard InChI is InChI=1S/C46H50ClN7O4S2/c1-33-29-43(46(51(33)4)34-13-15-36(47)16-14-34)35-9-8-10-40(30-35)53-27-25-52(26-28-53)39-19-17-37(18-20-39)49-60(57,58)42-21-22-44(45(31-42)54(55)56)48-38(23-24-50(2)3)32-59-41-11-6-5-7-12-41/h5-22,29-31,38,48-49H,23-28,32H2,1-4H3. The molecule has 60 heavy (non-hydrogen) atoms. The van der Waals surface area contributed by atoms with Gasteiger partial charge in [-0.2, -0.15) is 0 Å². The van der Waals surface area contributed by atoms with Gasteiger partial charge in [0.1, 0.15) is 5.69 Å². The number of rotatable bonds is 16. The van der Waals surface area contributed by atoms with E-state index < -0.39 is 14.9 Å². The lowest BCUT2D eigenvalue weighted by atomic mass is 10.0. The number of hydrogen-bond donors (Lipinski definition) is 2. The first-order chi connectivity index (χ1) is 28.8. The number of halogens is 1. The van der Waals surface area contributed by atoms with Gasteiger partial charge < -0.3 is 24.6 Å². The first kappa shape index (κ1) is 42.6. The van der Waals surface area contributed by atoms with E-state index in [4.69, 9.17) is 11.6 Å². The number of nitro benzene ring substituents is 1. The first-order valence-electron chi connectivity index (χ1n) is 19.9. The van der Waals surface area contributed by atoms with Crippen LogP contribution < -0.4 is 19.8 Å². The summed E-state index contributed by atoms with van der Waals surface area (Å²) in [6.07, 6.45) is 0.743. The molecule has 11 nitrogen and oxygen atoms in total. The number of thioether (sulfide) groups is 1. The predicted molar refractivity (Wildman–Crippen MR) is 249 cm³/mol. The summed E-state index contributed by atoms with van der Waals surface area (Å²) in [5.41, 5.74) is 8.27. The monoisotopic (exact) mass is 863 g/mol. The van der Waals surface area contributed by atoms with Crippen molar-refractivity contribution in [1.82, 2.24) is 9.47 Å². The van der Waals surface area contributed by atoms with Crippen molar-refractivity contribution in [1.29, 1.82) is 0 Å². The molecule has 5 aromatic carbocycles. The maximum Gasteiger partial charge on any atom is 0.293 e. The van der Waals surface area contributed by atoms with Crippen molar-refractivity contribution in [2.75, 3.05) is 72.4 Å². The lowest BCUT2D eigenvalue weighted by molar-refractivity contribution is -0.384. The Labute approximate surface area is 362 Å². The van der Waals surface area contributed by atoms with Gasteiger partial charge in [0, 0.05) is 89.3 Å². The molecule has 0 spiro atoms. The van der Waals surface area contributed by atoms with E-state index in [1.807, 2.05) is 68.7 Å². The number of nitrogens with one attached hydrogen (secondary N) is 2. The van der Waals surface area contributed by atoms with Gasteiger partial charge in [-0.15, -0.1) is 11.8 Å². The van der Waals surface area contributed by atoms with Crippen molar-refractivity contribution in [2.45, 2.75) is 29.2 Å². The number of piperazine rings is 1. The lowest BCUT2D eigenvalue weighted by Gasteiger charge is -2.37. The molecule has 1 aliphatic rings. The van der Waals surface area contributed by atoms with Crippen LogP contribution in [-0.2, 0) is 17.1 Å². The van der Waals surface area contributed by atoms with Crippen LogP contribution in [-0.4, -0.2) is 81.4 Å². The van der Waals surface area contributed by atoms with Crippen molar-refractivity contribution >= 4 is 61.8 Å². The quantitative estimate of drug-likeness (QED) is 0.0558. The molecule has 6 aromatic rings. The molecular weight excluding hydrogens is 814 g/mol. The van der Waals surface area contributed by atoms with E-state index in [1.54, 1.807) is 23.9 Å². The Morgan fingerprint density at radius 1 is 0.817 bits per heavy atom. The third-order valence-electron chi connectivity index (χ3n) is 10.8. The van der Waals surface area contributed by atoms with Gasteiger partial charge in [-0.3, -0.25) is 14.8 Å². The molecular formula is C46H50ClN7O4S2. The van der Waals surface area contributed by atoms with Crippen LogP contribution in [0.25, 0.3) is 22.4 Å². The molecule has 2 N–H and O–H groups in total. The highest BCUT2D eigenvalue weighted by Crippen LogP contribution is 2.37. The van der Waals surface area contributed by atoms with Gasteiger partial charge in [0.15, 0.2) is 0 Å². The predicted octanol–water partition coefficient (Wildman–Crippen LogP) is 9.88. The summed E-state index contributed by atoms with van der Waals surface area (Å²) in [4.78, 5) is 19.4. The van der Waals surface area contributed by atoms with Gasteiger partial charge in [-0.1, -0.05) is 54.1 Å². The number of aromatic nitrogens is 1. The van der Waals surface area contributed by atoms with Gasteiger partial charge in [-0.25, -0.2) is 8.42 Å². The number of nitrogens with zero attached hydrogens (tertiary/aromatic N) is 5. The van der Waals surface area contributed by atoms with Crippen LogP contribution in [0.1, 0.15) is 12.1 Å². The van der Waals surface area contributed by atoms with Crippen LogP contribution in [0.2, 0.25) is 5.02 Å². The minimum Gasteiger partial charge on any atom is -0.376 e. The number of benzene rings is 5. The Balaban J connectivity index is 0.986. The zero-order valence-electron chi connectivity index (χ0n) is 34.2. The molecule has 14 heteroatoms. The Kier molecular flexibility index (Phi) is 13.4. The molecule has 1 unspecified atom stereocenters. The normalized spacial score (nSPS) is 13.7. The second-order valence-corrected chi connectivity index (χ2v) is 18.5. The number of nitro groups is 1. The molecule has 0 bridgehead atoms. The van der Waals surface area contributed by atoms with E-state index in [9.17, 15) is 18.5 Å². The molecule has 0 aliphatic carbocycles. The summed E-state index contributed by atoms with van der Waals surface area (Å²) in [7, 11) is 1.94. The van der Waals surface area contributed by atoms with E-state index >= 15 is 0 Å². The van der Waals surface area contributed by atoms with Crippen LogP contribution >= 0.6 is 23.4 Å². The van der Waals surface area contributed by atoms with Gasteiger partial charge >= 0.3 is 0 Å². The largest absolute Gasteiger partial charge is 0.376 e. The Morgan fingerprint density at radius 3 is 2.17 bits per heavy atom. The van der Waals surface area contributed by atoms with Crippen LogP contribution in [0.4, 0.5) is 28.4 Å². The van der Waals surface area contributed by atoms with Crippen molar-refractivity contribution in [3.8, 4) is 22.4 Å². The highest BCUT2D eigenvalue weighted by atomic mass is 35.5. The second kappa shape index (κ2) is 18.8. The highest BCUT2D eigenvalue weighted by molar-refractivity contribution is 7.99. The third-order valence-corrected chi connectivity index (χ3v) is 13.6. The summed E-state index contributed by atoms with van der Waals surface area (Å²) in [5.74, 6) is 0.678. The van der Waals surface area contributed by atoms with Crippen LogP contribution in [0, 0.1) is 17.0 Å². The first-order valence-corrected chi connectivity index (χ1v) is 22.7. The SMILES string of the molecule is Cc1cc(-c2cccc(N3CCN(c4ccc(NS(=O)(=O)c5ccc(NC(CCN(C)C)CSc6ccccc6)c([N+](=O)[O-])c5)cc4)CC3)c2)c(-c2ccc(Cl)cc2)n1C. The molecule has 0 radical (unpaired) electrons. The summed E-state index contributed by atoms with van der Waals surface area (Å²) in [6.45, 7) is 6.13. The summed E-state index contributed by atoms with van der Waals surface area (Å²) < 4.78 is 31.9. The molecule has 2 heterocycles. The van der Waals surface area contributed by atoms with E-state index in [1.165, 1.54) is 23.4 Å². The van der Waals surface area contributed by atoms with E-state index in [0.29, 0.717) is 16.5 Å². The maximum atomic E-state index is 13.6. The molecule has 1 atom stereocenters. The van der Waals surface area contributed by atoms with Crippen molar-refractivity contribution < 1.29 is 13.3 Å². The average Bonchev–Trinajstić information content (AvgIpc) is 3.55. The molecule has 7 rings (SSSR count). The van der Waals surface area contributed by atoms with Crippen LogP contribution in [0.5, 0.6) is 0 Å². The van der Waals surface area contributed by atoms with Gasteiger partial charge in [0.25, 0.3) is 15.7 Å². The van der Waals surface area contributed by atoms with E-state index in [2.05, 4.69) is 85.7 Å². The number of aryl methyl sites for hydroxylation is 1. The maximum absolute atomic E-state index is 13.6. The number of sulfonamides is 1. The van der Waals surface area contributed by atoms with Gasteiger partial charge in [0.05, 0.1) is 15.5 Å². The van der Waals surface area contributed by atoms with E-state index in [0.717, 1.165) is 78.3 Å². The van der Waals surface area contributed by atoms with Crippen molar-refractivity contribution in [3.63, 3.8) is 0 Å². The van der Waals surface area contributed by atoms with E-state index in [-0.39, 0.29) is 22.3 Å². The fourth-order valence-electron chi connectivity index (χ4n) is 7.45. The Hall–Kier alpha value is -5.47. The number of hydrogen-bond acceptors (Lipinski definition) is 9. The molecule has 1 saturated heterocycles. The third kappa shape index (κ3) is 10.3. The topological polar surface area (TPSA) is 116 Å². The highest BCUT2D eigenvalue weighted by Gasteiger charge is 2.25. The lowest BCUT2D eigenvalue weighted by Crippen LogP contribution is -2.46. The minimum atomic E-state index is -4.12. The second-order valence-electron chi connectivity index (χ2n) is 15.3. The van der Waals surface area contributed by atoms with Crippen molar-refractivity contribution in [3.05, 3.63) is 148 Å². The van der Waals surface area contributed by atoms with Crippen LogP contribution in [0.15, 0.2) is 137 Å². The fraction of sp³-hybridized carbons (Fsp3) is 0.261. The smallest absolute Gasteiger partial charge is 0.293 e. The zero-order chi connectivity index (χ0) is 42.4. The van der Waals surface area contributed by atoms with Gasteiger partial charge in [0.2, 0.25) is 0 Å². The summed E-state index contributed by atoms with van der Waals surface area (Å²) in [5, 5.41) is 16.3. The fourth-order valence-corrected chi connectivity index (χ4v) is 9.65. The summed E-state index contributed by atoms with van der Waals surface area (Å²) in [6, 6.07) is 40.1. The molecule has 1 aliphatic heterocycles. The molecule has 1 fully saturated rings. The summed E-state index contributed by atoms with van der Waals surface area (Å²) >= 11 is 7.87. The average molecular weight is 865 g/mol. The number of anilines is 4. The minimum absolute atomic E-state index is 0.0940. The molecule has 1 aromatic heterocycles. The molecule has 312 valence electrons. The Bertz CT molecular complexity index is 2530. The molecule has 0 amide bonds. The van der Waals surface area contributed by atoms with Crippen molar-refractivity contribution in [2.24, 2.45) is 7.05 Å². The van der Waals surface area contributed by atoms with Gasteiger partial charge in [-0.05, 0) is 124 Å². The van der Waals surface area contributed by atoms with Crippen LogP contribution in [0.3, 0.4) is 0 Å². The Morgan fingerprint density at radius 2 is 1.50 bits per heavy atom.